The van der Waals surface area contributed by atoms with Crippen LogP contribution in [0.15, 0.2) is 39.5 Å². The van der Waals surface area contributed by atoms with E-state index in [1.807, 2.05) is 0 Å². The fraction of sp³-hybridized carbons (Fsp3) is 0.316. The molecule has 0 fully saturated rings. The van der Waals surface area contributed by atoms with Crippen molar-refractivity contribution in [3.05, 3.63) is 62.7 Å². The molecule has 0 spiro atoms. The number of halogens is 1. The molecule has 1 aromatic carbocycles. The Bertz CT molecular complexity index is 849. The zero-order valence-electron chi connectivity index (χ0n) is 15.3. The monoisotopic (exact) mass is 393 g/mol. The van der Waals surface area contributed by atoms with Crippen LogP contribution in [0.1, 0.15) is 21.7 Å². The van der Waals surface area contributed by atoms with E-state index in [2.05, 4.69) is 0 Å². The van der Waals surface area contributed by atoms with Gasteiger partial charge in [0, 0.05) is 18.1 Å². The van der Waals surface area contributed by atoms with Crippen LogP contribution in [0.5, 0.6) is 5.75 Å². The van der Waals surface area contributed by atoms with Crippen LogP contribution in [-0.2, 0) is 9.53 Å². The van der Waals surface area contributed by atoms with Crippen LogP contribution in [0.25, 0.3) is 0 Å². The molecule has 1 heterocycles. The van der Waals surface area contributed by atoms with Crippen molar-refractivity contribution < 1.29 is 23.5 Å². The Morgan fingerprint density at radius 1 is 1.19 bits per heavy atom. The maximum absolute atomic E-state index is 12.2. The molecule has 0 aliphatic carbocycles. The number of carbonyl (C=O) groups is 2. The van der Waals surface area contributed by atoms with Crippen molar-refractivity contribution >= 4 is 23.5 Å². The molecule has 0 radical (unpaired) electrons. The number of likely N-dealkylation sites (N-methyl/N-ethyl adjacent to an activating group) is 1. The summed E-state index contributed by atoms with van der Waals surface area (Å²) in [6.45, 7) is 3.26. The zero-order chi connectivity index (χ0) is 20.0. The minimum absolute atomic E-state index is 0.149. The van der Waals surface area contributed by atoms with Gasteiger partial charge in [0.25, 0.3) is 5.91 Å². The summed E-state index contributed by atoms with van der Waals surface area (Å²) in [5.41, 5.74) is 0.0417. The van der Waals surface area contributed by atoms with Crippen LogP contribution in [0.3, 0.4) is 0 Å². The summed E-state index contributed by atoms with van der Waals surface area (Å²) in [5, 5.41) is 0.611. The van der Waals surface area contributed by atoms with Gasteiger partial charge in [-0.3, -0.25) is 4.79 Å². The predicted octanol–water partition coefficient (Wildman–Crippen LogP) is 2.60. The van der Waals surface area contributed by atoms with Gasteiger partial charge in [-0.2, -0.15) is 0 Å². The number of hydrogen-bond donors (Lipinski definition) is 0. The Labute approximate surface area is 161 Å². The summed E-state index contributed by atoms with van der Waals surface area (Å²) >= 11 is 5.80. The first-order valence-electron chi connectivity index (χ1n) is 8.18. The second-order valence-corrected chi connectivity index (χ2v) is 6.31. The number of ether oxygens (including phenoxy) is 2. The lowest BCUT2D eigenvalue weighted by molar-refractivity contribution is -0.133. The van der Waals surface area contributed by atoms with E-state index >= 15 is 0 Å². The van der Waals surface area contributed by atoms with Gasteiger partial charge in [0.2, 0.25) is 0 Å². The molecular weight excluding hydrogens is 374 g/mol. The molecule has 8 heteroatoms. The molecular formula is C19H20ClNO6. The Morgan fingerprint density at radius 3 is 2.48 bits per heavy atom. The molecule has 1 aromatic heterocycles. The molecule has 0 unspecified atom stereocenters. The third-order valence-corrected chi connectivity index (χ3v) is 4.05. The Hall–Kier alpha value is -2.80. The summed E-state index contributed by atoms with van der Waals surface area (Å²) in [6, 6.07) is 8.08. The highest BCUT2D eigenvalue weighted by atomic mass is 35.5. The second-order valence-electron chi connectivity index (χ2n) is 5.87. The predicted molar refractivity (Wildman–Crippen MR) is 99.3 cm³/mol. The average molecular weight is 394 g/mol. The van der Waals surface area contributed by atoms with Crippen LogP contribution in [0.2, 0.25) is 5.02 Å². The minimum Gasteiger partial charge on any atom is -0.492 e. The quantitative estimate of drug-likeness (QED) is 0.672. The van der Waals surface area contributed by atoms with Crippen LogP contribution >= 0.6 is 11.6 Å². The van der Waals surface area contributed by atoms with Crippen molar-refractivity contribution in [2.24, 2.45) is 0 Å². The SMILES string of the molecule is Cc1cc(=O)oc(C)c1C(=O)OCC(=O)N(C)CCOc1ccc(Cl)cc1. The fourth-order valence-electron chi connectivity index (χ4n) is 2.33. The summed E-state index contributed by atoms with van der Waals surface area (Å²) in [6.07, 6.45) is 0. The first-order valence-corrected chi connectivity index (χ1v) is 8.56. The topological polar surface area (TPSA) is 86.1 Å². The number of nitrogens with zero attached hydrogens (tertiary/aromatic N) is 1. The first-order chi connectivity index (χ1) is 12.8. The van der Waals surface area contributed by atoms with E-state index < -0.39 is 18.2 Å². The third-order valence-electron chi connectivity index (χ3n) is 3.80. The zero-order valence-corrected chi connectivity index (χ0v) is 16.0. The smallest absolute Gasteiger partial charge is 0.342 e. The van der Waals surface area contributed by atoms with E-state index in [0.29, 0.717) is 22.9 Å². The van der Waals surface area contributed by atoms with E-state index in [4.69, 9.17) is 25.5 Å². The lowest BCUT2D eigenvalue weighted by Gasteiger charge is -2.17. The molecule has 0 saturated heterocycles. The van der Waals surface area contributed by atoms with Crippen molar-refractivity contribution in [3.63, 3.8) is 0 Å². The highest BCUT2D eigenvalue weighted by Crippen LogP contribution is 2.15. The van der Waals surface area contributed by atoms with Crippen LogP contribution in [0.4, 0.5) is 0 Å². The Kier molecular flexibility index (Phi) is 7.01. The van der Waals surface area contributed by atoms with Crippen LogP contribution in [0, 0.1) is 13.8 Å². The van der Waals surface area contributed by atoms with Crippen molar-refractivity contribution in [1.29, 1.82) is 0 Å². The van der Waals surface area contributed by atoms with E-state index in [1.54, 1.807) is 38.2 Å². The van der Waals surface area contributed by atoms with Crippen molar-refractivity contribution in [2.75, 3.05) is 26.8 Å². The lowest BCUT2D eigenvalue weighted by Crippen LogP contribution is -2.34. The van der Waals surface area contributed by atoms with Crippen LogP contribution < -0.4 is 10.4 Å². The summed E-state index contributed by atoms with van der Waals surface area (Å²) in [5.74, 6) is -0.297. The normalized spacial score (nSPS) is 10.4. The molecule has 0 saturated carbocycles. The van der Waals surface area contributed by atoms with E-state index in [9.17, 15) is 14.4 Å². The van der Waals surface area contributed by atoms with Crippen molar-refractivity contribution in [2.45, 2.75) is 13.8 Å². The molecule has 1 amide bonds. The number of rotatable bonds is 7. The fourth-order valence-corrected chi connectivity index (χ4v) is 2.45. The van der Waals surface area contributed by atoms with Gasteiger partial charge in [-0.25, -0.2) is 9.59 Å². The van der Waals surface area contributed by atoms with Gasteiger partial charge >= 0.3 is 11.6 Å². The number of carbonyl (C=O) groups excluding carboxylic acids is 2. The number of amides is 1. The Balaban J connectivity index is 1.81. The maximum Gasteiger partial charge on any atom is 0.342 e. The highest BCUT2D eigenvalue weighted by Gasteiger charge is 2.19. The van der Waals surface area contributed by atoms with E-state index in [0.717, 1.165) is 0 Å². The molecule has 0 bridgehead atoms. The molecule has 0 N–H and O–H groups in total. The maximum atomic E-state index is 12.2. The van der Waals surface area contributed by atoms with Gasteiger partial charge in [-0.15, -0.1) is 0 Å². The van der Waals surface area contributed by atoms with E-state index in [1.165, 1.54) is 17.9 Å². The second kappa shape index (κ2) is 9.23. The third kappa shape index (κ3) is 5.86. The van der Waals surface area contributed by atoms with Gasteiger partial charge in [0.05, 0.1) is 6.54 Å². The van der Waals surface area contributed by atoms with Crippen LogP contribution in [-0.4, -0.2) is 43.6 Å². The standard InChI is InChI=1S/C19H20ClNO6/c1-12-10-17(23)27-13(2)18(12)19(24)26-11-16(22)21(3)8-9-25-15-6-4-14(20)5-7-15/h4-7,10H,8-9,11H2,1-3H3. The molecule has 2 rings (SSSR count). The summed E-state index contributed by atoms with van der Waals surface area (Å²) < 4.78 is 15.5. The van der Waals surface area contributed by atoms with Crippen molar-refractivity contribution in [1.82, 2.24) is 4.90 Å². The molecule has 2 aromatic rings. The summed E-state index contributed by atoms with van der Waals surface area (Å²) in [4.78, 5) is 36.9. The number of esters is 1. The summed E-state index contributed by atoms with van der Waals surface area (Å²) in [7, 11) is 1.58. The average Bonchev–Trinajstić information content (AvgIpc) is 2.60. The van der Waals surface area contributed by atoms with Gasteiger partial charge < -0.3 is 18.8 Å². The largest absolute Gasteiger partial charge is 0.492 e. The molecule has 7 nitrogen and oxygen atoms in total. The highest BCUT2D eigenvalue weighted by molar-refractivity contribution is 6.30. The number of aryl methyl sites for hydroxylation is 2. The first kappa shape index (κ1) is 20.5. The number of hydrogen-bond acceptors (Lipinski definition) is 6. The Morgan fingerprint density at radius 2 is 1.85 bits per heavy atom. The molecule has 0 atom stereocenters. The number of benzene rings is 1. The van der Waals surface area contributed by atoms with Gasteiger partial charge in [-0.05, 0) is 43.7 Å². The molecule has 0 aliphatic heterocycles. The van der Waals surface area contributed by atoms with Gasteiger partial charge in [0.15, 0.2) is 6.61 Å². The minimum atomic E-state index is -0.715. The lowest BCUT2D eigenvalue weighted by atomic mass is 10.1. The molecule has 27 heavy (non-hydrogen) atoms. The van der Waals surface area contributed by atoms with Gasteiger partial charge in [0.1, 0.15) is 23.7 Å². The van der Waals surface area contributed by atoms with E-state index in [-0.39, 0.29) is 23.8 Å². The van der Waals surface area contributed by atoms with Crippen molar-refractivity contribution in [3.8, 4) is 5.75 Å². The molecule has 144 valence electrons. The van der Waals surface area contributed by atoms with Gasteiger partial charge in [-0.1, -0.05) is 11.6 Å². The molecule has 0 aliphatic rings.